The lowest BCUT2D eigenvalue weighted by molar-refractivity contribution is 0.512. The van der Waals surface area contributed by atoms with E-state index in [9.17, 15) is 5.26 Å². The maximum absolute atomic E-state index is 9.19. The van der Waals surface area contributed by atoms with Gasteiger partial charge in [0.2, 0.25) is 17.5 Å². The highest BCUT2D eigenvalue weighted by Crippen LogP contribution is 2.28. The molecule has 2 aromatic rings. The van der Waals surface area contributed by atoms with Gasteiger partial charge in [-0.1, -0.05) is 18.2 Å². The molecule has 1 aromatic heterocycles. The highest BCUT2D eigenvalue weighted by molar-refractivity contribution is 5.59. The second-order valence-electron chi connectivity index (χ2n) is 4.39. The molecule has 0 radical (unpaired) electrons. The second kappa shape index (κ2) is 5.12. The molecular weight excluding hydrogens is 240 g/mol. The average molecular weight is 254 g/mol. The minimum absolute atomic E-state index is 0.362. The largest absolute Gasteiger partial charge is 0.419 e. The summed E-state index contributed by atoms with van der Waals surface area (Å²) >= 11 is 0. The number of nitriles is 1. The van der Waals surface area contributed by atoms with Crippen LogP contribution in [0.2, 0.25) is 0 Å². The molecule has 0 bridgehead atoms. The fourth-order valence-corrected chi connectivity index (χ4v) is 2.17. The van der Waals surface area contributed by atoms with Crippen molar-refractivity contribution in [2.24, 2.45) is 0 Å². The Kier molecular flexibility index (Phi) is 3.17. The number of hydrogen-bond donors (Lipinski definition) is 1. The maximum Gasteiger partial charge on any atom is 0.235 e. The fraction of sp³-hybridized carbons (Fsp3) is 0.286. The third-order valence-electron chi connectivity index (χ3n) is 3.14. The number of rotatable bonds is 2. The van der Waals surface area contributed by atoms with Gasteiger partial charge in [-0.25, -0.2) is 0 Å². The summed E-state index contributed by atoms with van der Waals surface area (Å²) in [4.78, 5) is 6.35. The summed E-state index contributed by atoms with van der Waals surface area (Å²) in [6.07, 6.45) is 0. The van der Waals surface area contributed by atoms with Crippen LogP contribution in [-0.2, 0) is 0 Å². The van der Waals surface area contributed by atoms with Gasteiger partial charge in [0.05, 0.1) is 0 Å². The standard InChI is InChI=1S/C14H14N4O/c15-10-12-14(18-8-6-16-7-9-18)19-13(17-12)11-4-2-1-3-5-11/h1-5,16H,6-9H2. The summed E-state index contributed by atoms with van der Waals surface area (Å²) in [5.74, 6) is 1.09. The van der Waals surface area contributed by atoms with E-state index in [-0.39, 0.29) is 0 Å². The van der Waals surface area contributed by atoms with Crippen LogP contribution in [0, 0.1) is 11.3 Å². The summed E-state index contributed by atoms with van der Waals surface area (Å²) in [5, 5.41) is 12.5. The van der Waals surface area contributed by atoms with Crippen molar-refractivity contribution >= 4 is 5.88 Å². The van der Waals surface area contributed by atoms with Crippen molar-refractivity contribution in [3.05, 3.63) is 36.0 Å². The SMILES string of the molecule is N#Cc1nc(-c2ccccc2)oc1N1CCNCC1. The van der Waals surface area contributed by atoms with Crippen LogP contribution in [0.15, 0.2) is 34.7 Å². The van der Waals surface area contributed by atoms with Gasteiger partial charge in [-0.15, -0.1) is 0 Å². The zero-order valence-corrected chi connectivity index (χ0v) is 10.5. The van der Waals surface area contributed by atoms with E-state index in [1.165, 1.54) is 0 Å². The van der Waals surface area contributed by atoms with E-state index in [2.05, 4.69) is 21.3 Å². The number of nitrogens with one attached hydrogen (secondary N) is 1. The number of anilines is 1. The molecule has 0 spiro atoms. The molecule has 3 rings (SSSR count). The highest BCUT2D eigenvalue weighted by Gasteiger charge is 2.21. The van der Waals surface area contributed by atoms with E-state index in [1.807, 2.05) is 30.3 Å². The van der Waals surface area contributed by atoms with Crippen LogP contribution in [0.3, 0.4) is 0 Å². The molecule has 96 valence electrons. The Morgan fingerprint density at radius 3 is 2.63 bits per heavy atom. The lowest BCUT2D eigenvalue weighted by atomic mass is 10.2. The van der Waals surface area contributed by atoms with E-state index in [1.54, 1.807) is 0 Å². The van der Waals surface area contributed by atoms with Crippen molar-refractivity contribution in [3.8, 4) is 17.5 Å². The van der Waals surface area contributed by atoms with Crippen molar-refractivity contribution in [1.29, 1.82) is 5.26 Å². The molecular formula is C14H14N4O. The molecule has 2 heterocycles. The molecule has 1 aliphatic rings. The molecule has 5 nitrogen and oxygen atoms in total. The van der Waals surface area contributed by atoms with Crippen molar-refractivity contribution in [3.63, 3.8) is 0 Å². The first kappa shape index (κ1) is 11.8. The van der Waals surface area contributed by atoms with Crippen LogP contribution in [0.5, 0.6) is 0 Å². The van der Waals surface area contributed by atoms with Gasteiger partial charge in [0, 0.05) is 31.7 Å². The molecule has 1 N–H and O–H groups in total. The Bertz CT molecular complexity index is 594. The number of nitrogens with zero attached hydrogens (tertiary/aromatic N) is 3. The molecule has 0 saturated carbocycles. The molecule has 19 heavy (non-hydrogen) atoms. The van der Waals surface area contributed by atoms with Gasteiger partial charge in [-0.3, -0.25) is 0 Å². The van der Waals surface area contributed by atoms with Gasteiger partial charge in [-0.2, -0.15) is 10.2 Å². The summed E-state index contributed by atoms with van der Waals surface area (Å²) < 4.78 is 5.80. The predicted molar refractivity (Wildman–Crippen MR) is 71.7 cm³/mol. The molecule has 1 fully saturated rings. The third-order valence-corrected chi connectivity index (χ3v) is 3.14. The van der Waals surface area contributed by atoms with Crippen LogP contribution in [-0.4, -0.2) is 31.2 Å². The summed E-state index contributed by atoms with van der Waals surface area (Å²) in [7, 11) is 0. The van der Waals surface area contributed by atoms with Gasteiger partial charge in [0.25, 0.3) is 0 Å². The zero-order valence-electron chi connectivity index (χ0n) is 10.5. The number of hydrogen-bond acceptors (Lipinski definition) is 5. The second-order valence-corrected chi connectivity index (χ2v) is 4.39. The van der Waals surface area contributed by atoms with E-state index in [0.29, 0.717) is 17.5 Å². The summed E-state index contributed by atoms with van der Waals surface area (Å²) in [5.41, 5.74) is 1.25. The molecule has 1 aliphatic heterocycles. The summed E-state index contributed by atoms with van der Waals surface area (Å²) in [6.45, 7) is 3.45. The number of piperazine rings is 1. The average Bonchev–Trinajstić information content (AvgIpc) is 2.93. The van der Waals surface area contributed by atoms with Crippen LogP contribution in [0.4, 0.5) is 5.88 Å². The van der Waals surface area contributed by atoms with Crippen LogP contribution < -0.4 is 10.2 Å². The smallest absolute Gasteiger partial charge is 0.235 e. The first-order valence-electron chi connectivity index (χ1n) is 6.30. The van der Waals surface area contributed by atoms with Gasteiger partial charge in [0.15, 0.2) is 0 Å². The summed E-state index contributed by atoms with van der Waals surface area (Å²) in [6, 6.07) is 11.8. The van der Waals surface area contributed by atoms with Crippen molar-refractivity contribution < 1.29 is 4.42 Å². The quantitative estimate of drug-likeness (QED) is 0.882. The normalized spacial score (nSPS) is 15.2. The van der Waals surface area contributed by atoms with Crippen molar-refractivity contribution in [1.82, 2.24) is 10.3 Å². The number of aromatic nitrogens is 1. The topological polar surface area (TPSA) is 65.1 Å². The maximum atomic E-state index is 9.19. The Morgan fingerprint density at radius 2 is 1.95 bits per heavy atom. The zero-order chi connectivity index (χ0) is 13.1. The molecule has 1 aromatic carbocycles. The van der Waals surface area contributed by atoms with Gasteiger partial charge >= 0.3 is 0 Å². The molecule has 5 heteroatoms. The molecule has 0 amide bonds. The Morgan fingerprint density at radius 1 is 1.21 bits per heavy atom. The first-order chi connectivity index (χ1) is 9.38. The van der Waals surface area contributed by atoms with Crippen molar-refractivity contribution in [2.45, 2.75) is 0 Å². The van der Waals surface area contributed by atoms with E-state index in [4.69, 9.17) is 4.42 Å². The minimum atomic E-state index is 0.362. The number of oxazole rings is 1. The van der Waals surface area contributed by atoms with E-state index >= 15 is 0 Å². The molecule has 1 saturated heterocycles. The van der Waals surface area contributed by atoms with E-state index < -0.39 is 0 Å². The fourth-order valence-electron chi connectivity index (χ4n) is 2.17. The lowest BCUT2D eigenvalue weighted by Gasteiger charge is -2.26. The van der Waals surface area contributed by atoms with Crippen molar-refractivity contribution in [2.75, 3.05) is 31.1 Å². The van der Waals surface area contributed by atoms with Gasteiger partial charge in [0.1, 0.15) is 6.07 Å². The first-order valence-corrected chi connectivity index (χ1v) is 6.30. The predicted octanol–water partition coefficient (Wildman–Crippen LogP) is 1.62. The van der Waals surface area contributed by atoms with E-state index in [0.717, 1.165) is 31.7 Å². The molecule has 0 unspecified atom stereocenters. The highest BCUT2D eigenvalue weighted by atomic mass is 16.4. The Balaban J connectivity index is 1.97. The van der Waals surface area contributed by atoms with Crippen LogP contribution in [0.1, 0.15) is 5.69 Å². The van der Waals surface area contributed by atoms with Crippen LogP contribution >= 0.6 is 0 Å². The monoisotopic (exact) mass is 254 g/mol. The lowest BCUT2D eigenvalue weighted by Crippen LogP contribution is -2.43. The van der Waals surface area contributed by atoms with Crippen LogP contribution in [0.25, 0.3) is 11.5 Å². The van der Waals surface area contributed by atoms with Gasteiger partial charge in [-0.05, 0) is 12.1 Å². The molecule has 0 aliphatic carbocycles. The Hall–Kier alpha value is -2.32. The number of benzene rings is 1. The minimum Gasteiger partial charge on any atom is -0.419 e. The third kappa shape index (κ3) is 2.30. The van der Waals surface area contributed by atoms with Gasteiger partial charge < -0.3 is 14.6 Å². The Labute approximate surface area is 111 Å². The molecule has 0 atom stereocenters.